The van der Waals surface area contributed by atoms with Crippen molar-refractivity contribution < 1.29 is 13.2 Å². The van der Waals surface area contributed by atoms with E-state index in [1.54, 1.807) is 7.05 Å². The van der Waals surface area contributed by atoms with Gasteiger partial charge in [-0.3, -0.25) is 0 Å². The Kier molecular flexibility index (Phi) is 5.05. The number of nitrogens with zero attached hydrogens (tertiary/aromatic N) is 2. The van der Waals surface area contributed by atoms with Crippen molar-refractivity contribution in [2.45, 2.75) is 26.5 Å². The number of ether oxygens (including phenoxy) is 1. The van der Waals surface area contributed by atoms with Crippen molar-refractivity contribution in [2.75, 3.05) is 19.9 Å². The summed E-state index contributed by atoms with van der Waals surface area (Å²) in [4.78, 5) is 4.37. The van der Waals surface area contributed by atoms with Gasteiger partial charge in [0.1, 0.15) is 11.1 Å². The van der Waals surface area contributed by atoms with Crippen LogP contribution < -0.4 is 0 Å². The van der Waals surface area contributed by atoms with Gasteiger partial charge in [-0.15, -0.1) is 11.3 Å². The van der Waals surface area contributed by atoms with Crippen molar-refractivity contribution in [2.24, 2.45) is 0 Å². The zero-order chi connectivity index (χ0) is 13.1. The van der Waals surface area contributed by atoms with Gasteiger partial charge in [0.05, 0.1) is 18.5 Å². The maximum Gasteiger partial charge on any atom is 0.211 e. The van der Waals surface area contributed by atoms with Gasteiger partial charge in [-0.1, -0.05) is 0 Å². The molecule has 1 unspecified atom stereocenters. The number of thiazole rings is 1. The van der Waals surface area contributed by atoms with Gasteiger partial charge in [-0.2, -0.15) is 4.31 Å². The minimum atomic E-state index is -3.16. The standard InChI is InChI=1S/C10H18N2O3S2/c1-5-15-8(2)10-11-9(7-16-10)6-12(3)17(4,13)14/h7-8H,5-6H2,1-4H3. The van der Waals surface area contributed by atoms with Crippen LogP contribution >= 0.6 is 11.3 Å². The predicted molar refractivity (Wildman–Crippen MR) is 68.5 cm³/mol. The van der Waals surface area contributed by atoms with Crippen LogP contribution in [0.4, 0.5) is 0 Å². The van der Waals surface area contributed by atoms with Gasteiger partial charge in [-0.05, 0) is 13.8 Å². The van der Waals surface area contributed by atoms with E-state index >= 15 is 0 Å². The van der Waals surface area contributed by atoms with Crippen LogP contribution in [0.15, 0.2) is 5.38 Å². The number of hydrogen-bond donors (Lipinski definition) is 0. The second kappa shape index (κ2) is 5.90. The highest BCUT2D eigenvalue weighted by atomic mass is 32.2. The molecular formula is C10H18N2O3S2. The third-order valence-corrected chi connectivity index (χ3v) is 4.60. The van der Waals surface area contributed by atoms with Crippen LogP contribution in [0.25, 0.3) is 0 Å². The Hall–Kier alpha value is -0.500. The van der Waals surface area contributed by atoms with Crippen LogP contribution in [0, 0.1) is 0 Å². The summed E-state index contributed by atoms with van der Waals surface area (Å²) < 4.78 is 29.2. The number of sulfonamides is 1. The molecule has 1 rings (SSSR count). The van der Waals surface area contributed by atoms with E-state index in [4.69, 9.17) is 4.74 Å². The molecule has 1 aromatic heterocycles. The Bertz CT molecular complexity index is 456. The van der Waals surface area contributed by atoms with Gasteiger partial charge >= 0.3 is 0 Å². The summed E-state index contributed by atoms with van der Waals surface area (Å²) in [6, 6.07) is 0. The molecule has 1 aromatic rings. The lowest BCUT2D eigenvalue weighted by Gasteiger charge is -2.12. The molecule has 5 nitrogen and oxygen atoms in total. The van der Waals surface area contributed by atoms with E-state index in [1.807, 2.05) is 19.2 Å². The largest absolute Gasteiger partial charge is 0.372 e. The Morgan fingerprint density at radius 1 is 1.59 bits per heavy atom. The highest BCUT2D eigenvalue weighted by Gasteiger charge is 2.15. The summed E-state index contributed by atoms with van der Waals surface area (Å²) >= 11 is 1.49. The summed E-state index contributed by atoms with van der Waals surface area (Å²) in [6.45, 7) is 4.81. The average molecular weight is 278 g/mol. The van der Waals surface area contributed by atoms with E-state index < -0.39 is 10.0 Å². The normalized spacial score (nSPS) is 14.2. The molecule has 0 aliphatic carbocycles. The van der Waals surface area contributed by atoms with Crippen LogP contribution in [0.5, 0.6) is 0 Å². The first-order valence-electron chi connectivity index (χ1n) is 5.31. The van der Waals surface area contributed by atoms with E-state index in [2.05, 4.69) is 4.98 Å². The second-order valence-corrected chi connectivity index (χ2v) is 6.77. The highest BCUT2D eigenvalue weighted by molar-refractivity contribution is 7.88. The Morgan fingerprint density at radius 2 is 2.24 bits per heavy atom. The molecule has 98 valence electrons. The molecular weight excluding hydrogens is 260 g/mol. The van der Waals surface area contributed by atoms with Crippen molar-refractivity contribution >= 4 is 21.4 Å². The lowest BCUT2D eigenvalue weighted by molar-refractivity contribution is 0.0760. The van der Waals surface area contributed by atoms with Crippen LogP contribution in [0.3, 0.4) is 0 Å². The molecule has 1 atom stereocenters. The lowest BCUT2D eigenvalue weighted by Crippen LogP contribution is -2.25. The summed E-state index contributed by atoms with van der Waals surface area (Å²) in [7, 11) is -1.61. The van der Waals surface area contributed by atoms with Gasteiger partial charge in [-0.25, -0.2) is 13.4 Å². The topological polar surface area (TPSA) is 59.5 Å². The van der Waals surface area contributed by atoms with E-state index in [9.17, 15) is 8.42 Å². The zero-order valence-electron chi connectivity index (χ0n) is 10.5. The van der Waals surface area contributed by atoms with Crippen LogP contribution in [-0.2, 0) is 21.3 Å². The molecule has 0 aromatic carbocycles. The van der Waals surface area contributed by atoms with Crippen molar-refractivity contribution in [3.63, 3.8) is 0 Å². The number of hydrogen-bond acceptors (Lipinski definition) is 5. The fraction of sp³-hybridized carbons (Fsp3) is 0.700. The first-order valence-corrected chi connectivity index (χ1v) is 8.04. The van der Waals surface area contributed by atoms with Gasteiger partial charge in [0, 0.05) is 19.0 Å². The number of aromatic nitrogens is 1. The Balaban J connectivity index is 2.69. The second-order valence-electron chi connectivity index (χ2n) is 3.79. The maximum atomic E-state index is 11.3. The van der Waals surface area contributed by atoms with E-state index in [0.717, 1.165) is 10.7 Å². The van der Waals surface area contributed by atoms with E-state index in [-0.39, 0.29) is 6.10 Å². The molecule has 0 bridgehead atoms. The van der Waals surface area contributed by atoms with Gasteiger partial charge in [0.25, 0.3) is 0 Å². The minimum Gasteiger partial charge on any atom is -0.372 e. The summed E-state index contributed by atoms with van der Waals surface area (Å²) in [5.74, 6) is 0. The molecule has 0 fully saturated rings. The highest BCUT2D eigenvalue weighted by Crippen LogP contribution is 2.21. The summed E-state index contributed by atoms with van der Waals surface area (Å²) in [5, 5.41) is 2.75. The van der Waals surface area contributed by atoms with Crippen LogP contribution in [-0.4, -0.2) is 37.6 Å². The van der Waals surface area contributed by atoms with Crippen molar-refractivity contribution in [1.82, 2.24) is 9.29 Å². The van der Waals surface area contributed by atoms with Gasteiger partial charge in [0.2, 0.25) is 10.0 Å². The summed E-state index contributed by atoms with van der Waals surface area (Å²) in [6.07, 6.45) is 1.14. The molecule has 0 amide bonds. The molecule has 0 aliphatic heterocycles. The zero-order valence-corrected chi connectivity index (χ0v) is 12.1. The first-order chi connectivity index (χ1) is 7.84. The van der Waals surface area contributed by atoms with Crippen molar-refractivity contribution in [3.8, 4) is 0 Å². The quantitative estimate of drug-likeness (QED) is 0.793. The fourth-order valence-electron chi connectivity index (χ4n) is 1.25. The lowest BCUT2D eigenvalue weighted by atomic mass is 10.4. The molecule has 0 radical (unpaired) electrons. The monoisotopic (exact) mass is 278 g/mol. The van der Waals surface area contributed by atoms with E-state index in [1.165, 1.54) is 21.9 Å². The fourth-order valence-corrected chi connectivity index (χ4v) is 2.43. The van der Waals surface area contributed by atoms with Crippen LogP contribution in [0.1, 0.15) is 30.7 Å². The first kappa shape index (κ1) is 14.6. The minimum absolute atomic E-state index is 0.0395. The molecule has 0 spiro atoms. The van der Waals surface area contributed by atoms with Gasteiger partial charge in [0.15, 0.2) is 0 Å². The molecule has 0 saturated carbocycles. The summed E-state index contributed by atoms with van der Waals surface area (Å²) in [5.41, 5.74) is 0.754. The molecule has 1 heterocycles. The SMILES string of the molecule is CCOC(C)c1nc(CN(C)S(C)(=O)=O)cs1. The Morgan fingerprint density at radius 3 is 2.76 bits per heavy atom. The van der Waals surface area contributed by atoms with Crippen molar-refractivity contribution in [1.29, 1.82) is 0 Å². The molecule has 0 saturated heterocycles. The van der Waals surface area contributed by atoms with Crippen LogP contribution in [0.2, 0.25) is 0 Å². The predicted octanol–water partition coefficient (Wildman–Crippen LogP) is 1.63. The number of rotatable bonds is 6. The molecule has 0 aliphatic rings. The third-order valence-electron chi connectivity index (χ3n) is 2.28. The third kappa shape index (κ3) is 4.34. The van der Waals surface area contributed by atoms with Crippen molar-refractivity contribution in [3.05, 3.63) is 16.1 Å². The average Bonchev–Trinajstić information content (AvgIpc) is 2.65. The molecule has 17 heavy (non-hydrogen) atoms. The van der Waals surface area contributed by atoms with E-state index in [0.29, 0.717) is 13.2 Å². The Labute approximate surface area is 106 Å². The maximum absolute atomic E-state index is 11.3. The van der Waals surface area contributed by atoms with Gasteiger partial charge < -0.3 is 4.74 Å². The molecule has 7 heteroatoms. The molecule has 0 N–H and O–H groups in total. The smallest absolute Gasteiger partial charge is 0.211 e.